The van der Waals surface area contributed by atoms with Crippen LogP contribution in [0.5, 0.6) is 0 Å². The average Bonchev–Trinajstić information content (AvgIpc) is 2.77. The molecule has 1 aromatic carbocycles. The second-order valence-corrected chi connectivity index (χ2v) is 8.11. The Morgan fingerprint density at radius 1 is 1.23 bits per heavy atom. The molecule has 3 rings (SSSR count). The lowest BCUT2D eigenvalue weighted by molar-refractivity contribution is 0.0114. The summed E-state index contributed by atoms with van der Waals surface area (Å²) in [6.45, 7) is 6.22. The van der Waals surface area contributed by atoms with Crippen LogP contribution >= 0.6 is 0 Å². The molecule has 2 N–H and O–H groups in total. The number of carbonyl (C=O) groups excluding carboxylic acids is 3. The standard InChI is InChI=1S/C19H23FN2O4/c1-18(2,3)26-17(25)22-6-4-19(5-7-22)10-11-8-14(20)13(16(21)24)9-12(11)15(19)23/h8-9H,4-7,10H2,1-3H3,(H2,21,24). The van der Waals surface area contributed by atoms with Gasteiger partial charge in [0.1, 0.15) is 11.4 Å². The fraction of sp³-hybridized carbons (Fsp3) is 0.526. The van der Waals surface area contributed by atoms with Crippen LogP contribution in [-0.4, -0.2) is 41.4 Å². The van der Waals surface area contributed by atoms with Crippen molar-refractivity contribution in [3.05, 3.63) is 34.6 Å². The zero-order chi connectivity index (χ0) is 19.3. The summed E-state index contributed by atoms with van der Waals surface area (Å²) in [5.41, 5.74) is 4.66. The number of ether oxygens (including phenoxy) is 1. The number of carbonyl (C=O) groups is 3. The summed E-state index contributed by atoms with van der Waals surface area (Å²) in [5, 5.41) is 0. The van der Waals surface area contributed by atoms with Crippen LogP contribution in [0.3, 0.4) is 0 Å². The molecule has 26 heavy (non-hydrogen) atoms. The highest BCUT2D eigenvalue weighted by molar-refractivity contribution is 6.07. The van der Waals surface area contributed by atoms with Crippen LogP contribution in [0.25, 0.3) is 0 Å². The second-order valence-electron chi connectivity index (χ2n) is 8.11. The van der Waals surface area contributed by atoms with Gasteiger partial charge < -0.3 is 15.4 Å². The van der Waals surface area contributed by atoms with Crippen LogP contribution in [-0.2, 0) is 11.2 Å². The number of piperidine rings is 1. The summed E-state index contributed by atoms with van der Waals surface area (Å²) < 4.78 is 19.4. The Morgan fingerprint density at radius 3 is 2.38 bits per heavy atom. The van der Waals surface area contributed by atoms with Crippen molar-refractivity contribution in [3.63, 3.8) is 0 Å². The molecule has 1 spiro atoms. The molecule has 6 nitrogen and oxygen atoms in total. The SMILES string of the molecule is CC(C)(C)OC(=O)N1CCC2(CC1)Cc1cc(F)c(C(N)=O)cc1C2=O. The van der Waals surface area contributed by atoms with E-state index >= 15 is 0 Å². The average molecular weight is 362 g/mol. The van der Waals surface area contributed by atoms with E-state index in [0.717, 1.165) is 0 Å². The van der Waals surface area contributed by atoms with E-state index in [1.165, 1.54) is 12.1 Å². The predicted octanol–water partition coefficient (Wildman–Crippen LogP) is 2.68. The number of nitrogens with two attached hydrogens (primary N) is 1. The first-order chi connectivity index (χ1) is 12.0. The third-order valence-electron chi connectivity index (χ3n) is 5.09. The van der Waals surface area contributed by atoms with Crippen LogP contribution in [0.4, 0.5) is 9.18 Å². The number of nitrogens with zero attached hydrogens (tertiary/aromatic N) is 1. The normalized spacial score (nSPS) is 18.8. The summed E-state index contributed by atoms with van der Waals surface area (Å²) in [6, 6.07) is 2.51. The van der Waals surface area contributed by atoms with Crippen LogP contribution in [0.15, 0.2) is 12.1 Å². The van der Waals surface area contributed by atoms with Gasteiger partial charge in [-0.2, -0.15) is 0 Å². The summed E-state index contributed by atoms with van der Waals surface area (Å²) in [5.74, 6) is -1.69. The van der Waals surface area contributed by atoms with E-state index in [4.69, 9.17) is 10.5 Å². The fourth-order valence-corrected chi connectivity index (χ4v) is 3.74. The van der Waals surface area contributed by atoms with Gasteiger partial charge in [-0.05, 0) is 57.7 Å². The number of fused-ring (bicyclic) bond motifs is 1. The van der Waals surface area contributed by atoms with Gasteiger partial charge in [0.2, 0.25) is 0 Å². The molecule has 2 amide bonds. The smallest absolute Gasteiger partial charge is 0.410 e. The van der Waals surface area contributed by atoms with Crippen molar-refractivity contribution in [3.8, 4) is 0 Å². The molecule has 0 atom stereocenters. The Morgan fingerprint density at radius 2 is 1.85 bits per heavy atom. The van der Waals surface area contributed by atoms with Crippen LogP contribution in [0.1, 0.15) is 59.9 Å². The van der Waals surface area contributed by atoms with E-state index in [2.05, 4.69) is 0 Å². The third kappa shape index (κ3) is 3.18. The highest BCUT2D eigenvalue weighted by Crippen LogP contribution is 2.45. The first kappa shape index (κ1) is 18.4. The number of halogens is 1. The molecule has 1 aromatic rings. The first-order valence-electron chi connectivity index (χ1n) is 8.67. The van der Waals surface area contributed by atoms with Gasteiger partial charge >= 0.3 is 6.09 Å². The molecular formula is C19H23FN2O4. The molecule has 1 saturated heterocycles. The lowest BCUT2D eigenvalue weighted by Crippen LogP contribution is -2.47. The van der Waals surface area contributed by atoms with Crippen molar-refractivity contribution in [2.24, 2.45) is 11.1 Å². The quantitative estimate of drug-likeness (QED) is 0.832. The second kappa shape index (κ2) is 6.07. The summed E-state index contributed by atoms with van der Waals surface area (Å²) in [6.07, 6.45) is 0.984. The highest BCUT2D eigenvalue weighted by atomic mass is 19.1. The minimum absolute atomic E-state index is 0.0983. The maximum absolute atomic E-state index is 14.0. The number of hydrogen-bond acceptors (Lipinski definition) is 4. The Kier molecular flexibility index (Phi) is 4.29. The van der Waals surface area contributed by atoms with Gasteiger partial charge in [-0.3, -0.25) is 9.59 Å². The Bertz CT molecular complexity index is 789. The first-order valence-corrected chi connectivity index (χ1v) is 8.67. The minimum Gasteiger partial charge on any atom is -0.444 e. The van der Waals surface area contributed by atoms with Crippen LogP contribution in [0, 0.1) is 11.2 Å². The molecule has 0 aromatic heterocycles. The highest BCUT2D eigenvalue weighted by Gasteiger charge is 2.48. The minimum atomic E-state index is -0.890. The summed E-state index contributed by atoms with van der Waals surface area (Å²) in [7, 11) is 0. The van der Waals surface area contributed by atoms with E-state index in [-0.39, 0.29) is 11.3 Å². The molecule has 1 heterocycles. The van der Waals surface area contributed by atoms with Gasteiger partial charge in [-0.1, -0.05) is 0 Å². The van der Waals surface area contributed by atoms with Crippen molar-refractivity contribution < 1.29 is 23.5 Å². The van der Waals surface area contributed by atoms with Crippen molar-refractivity contribution >= 4 is 17.8 Å². The lowest BCUT2D eigenvalue weighted by atomic mass is 9.75. The molecule has 0 unspecified atom stereocenters. The topological polar surface area (TPSA) is 89.7 Å². The number of likely N-dealkylation sites (tertiary alicyclic amines) is 1. The van der Waals surface area contributed by atoms with E-state index in [1.54, 1.807) is 25.7 Å². The Hall–Kier alpha value is -2.44. The largest absolute Gasteiger partial charge is 0.444 e. The van der Waals surface area contributed by atoms with Gasteiger partial charge in [-0.15, -0.1) is 0 Å². The van der Waals surface area contributed by atoms with Crippen molar-refractivity contribution in [2.75, 3.05) is 13.1 Å². The predicted molar refractivity (Wildman–Crippen MR) is 92.4 cm³/mol. The molecule has 0 radical (unpaired) electrons. The number of hydrogen-bond donors (Lipinski definition) is 1. The molecule has 2 aliphatic rings. The molecular weight excluding hydrogens is 339 g/mol. The molecule has 0 bridgehead atoms. The van der Waals surface area contributed by atoms with Crippen LogP contribution in [0.2, 0.25) is 0 Å². The zero-order valence-electron chi connectivity index (χ0n) is 15.2. The van der Waals surface area contributed by atoms with Gasteiger partial charge in [0.05, 0.1) is 5.56 Å². The van der Waals surface area contributed by atoms with Gasteiger partial charge in [0.15, 0.2) is 5.78 Å². The number of rotatable bonds is 1. The van der Waals surface area contributed by atoms with E-state index in [1.807, 2.05) is 0 Å². The molecule has 7 heteroatoms. The summed E-state index contributed by atoms with van der Waals surface area (Å²) >= 11 is 0. The van der Waals surface area contributed by atoms with Gasteiger partial charge in [0, 0.05) is 24.1 Å². The van der Waals surface area contributed by atoms with Gasteiger partial charge in [0.25, 0.3) is 5.91 Å². The van der Waals surface area contributed by atoms with Crippen LogP contribution < -0.4 is 5.73 Å². The van der Waals surface area contributed by atoms with E-state index in [9.17, 15) is 18.8 Å². The monoisotopic (exact) mass is 362 g/mol. The molecule has 1 aliphatic heterocycles. The number of benzene rings is 1. The number of Topliss-reactive ketones (excluding diaryl/α,β-unsaturated/α-hetero) is 1. The molecule has 0 saturated carbocycles. The molecule has 140 valence electrons. The Balaban J connectivity index is 1.77. The van der Waals surface area contributed by atoms with Gasteiger partial charge in [-0.25, -0.2) is 9.18 Å². The lowest BCUT2D eigenvalue weighted by Gasteiger charge is -2.38. The van der Waals surface area contributed by atoms with E-state index in [0.29, 0.717) is 43.5 Å². The van der Waals surface area contributed by atoms with E-state index < -0.39 is 28.8 Å². The number of amides is 2. The third-order valence-corrected chi connectivity index (χ3v) is 5.09. The molecule has 1 fully saturated rings. The fourth-order valence-electron chi connectivity index (χ4n) is 3.74. The number of ketones is 1. The van der Waals surface area contributed by atoms with Crippen molar-refractivity contribution in [2.45, 2.75) is 45.6 Å². The maximum Gasteiger partial charge on any atom is 0.410 e. The Labute approximate surface area is 151 Å². The number of primary amides is 1. The van der Waals surface area contributed by atoms with Crippen molar-refractivity contribution in [1.29, 1.82) is 0 Å². The molecule has 1 aliphatic carbocycles. The zero-order valence-corrected chi connectivity index (χ0v) is 15.2. The van der Waals surface area contributed by atoms with Crippen molar-refractivity contribution in [1.82, 2.24) is 4.90 Å². The maximum atomic E-state index is 14.0. The summed E-state index contributed by atoms with van der Waals surface area (Å²) in [4.78, 5) is 38.1.